The molecule has 3 rings (SSSR count). The number of aliphatic carboxylic acids is 1. The van der Waals surface area contributed by atoms with Crippen LogP contribution < -0.4 is 5.32 Å². The number of hydrogen-bond acceptors (Lipinski definition) is 3. The van der Waals surface area contributed by atoms with Crippen molar-refractivity contribution in [2.45, 2.75) is 57.2 Å². The molecule has 1 aromatic rings. The summed E-state index contributed by atoms with van der Waals surface area (Å²) in [5.41, 5.74) is 2.94. The van der Waals surface area contributed by atoms with Crippen molar-refractivity contribution in [1.29, 1.82) is 0 Å². The van der Waals surface area contributed by atoms with Crippen LogP contribution in [0.25, 0.3) is 0 Å². The van der Waals surface area contributed by atoms with E-state index in [9.17, 15) is 4.79 Å². The van der Waals surface area contributed by atoms with E-state index in [1.807, 2.05) is 6.92 Å². The SMILES string of the molecule is CCN(CC(=O)O)C1CC(NC2CCc3cc(Br)ccc3C2)C1. The maximum absolute atomic E-state index is 10.9. The molecule has 126 valence electrons. The van der Waals surface area contributed by atoms with Gasteiger partial charge in [-0.15, -0.1) is 0 Å². The smallest absolute Gasteiger partial charge is 0.317 e. The number of aryl methyl sites for hydroxylation is 1. The number of carbonyl (C=O) groups is 1. The van der Waals surface area contributed by atoms with Gasteiger partial charge >= 0.3 is 5.97 Å². The van der Waals surface area contributed by atoms with E-state index in [0.717, 1.165) is 32.2 Å². The van der Waals surface area contributed by atoms with E-state index >= 15 is 0 Å². The Morgan fingerprint density at radius 3 is 2.83 bits per heavy atom. The molecule has 2 N–H and O–H groups in total. The summed E-state index contributed by atoms with van der Waals surface area (Å²) in [5.74, 6) is -0.724. The van der Waals surface area contributed by atoms with Gasteiger partial charge in [-0.05, 0) is 61.9 Å². The first-order valence-electron chi connectivity index (χ1n) is 8.54. The van der Waals surface area contributed by atoms with Crippen LogP contribution in [-0.4, -0.2) is 47.2 Å². The summed E-state index contributed by atoms with van der Waals surface area (Å²) in [6.45, 7) is 3.02. The highest BCUT2D eigenvalue weighted by Crippen LogP contribution is 2.29. The highest BCUT2D eigenvalue weighted by molar-refractivity contribution is 9.10. The van der Waals surface area contributed by atoms with Gasteiger partial charge in [0.25, 0.3) is 0 Å². The first-order valence-corrected chi connectivity index (χ1v) is 9.33. The molecule has 0 radical (unpaired) electrons. The van der Waals surface area contributed by atoms with E-state index in [0.29, 0.717) is 18.1 Å². The average Bonchev–Trinajstić information content (AvgIpc) is 2.48. The van der Waals surface area contributed by atoms with Gasteiger partial charge in [0, 0.05) is 22.6 Å². The Hall–Kier alpha value is -0.910. The lowest BCUT2D eigenvalue weighted by Crippen LogP contribution is -2.56. The quantitative estimate of drug-likeness (QED) is 0.796. The topological polar surface area (TPSA) is 52.6 Å². The maximum Gasteiger partial charge on any atom is 0.317 e. The monoisotopic (exact) mass is 380 g/mol. The Morgan fingerprint density at radius 1 is 1.35 bits per heavy atom. The molecule has 4 nitrogen and oxygen atoms in total. The molecule has 0 aromatic heterocycles. The van der Waals surface area contributed by atoms with Gasteiger partial charge in [0.15, 0.2) is 0 Å². The summed E-state index contributed by atoms with van der Waals surface area (Å²) in [7, 11) is 0. The van der Waals surface area contributed by atoms with Crippen LogP contribution in [0.3, 0.4) is 0 Å². The third-order valence-corrected chi connectivity index (χ3v) is 5.74. The van der Waals surface area contributed by atoms with Gasteiger partial charge in [-0.2, -0.15) is 0 Å². The molecule has 1 saturated carbocycles. The normalized spacial score (nSPS) is 26.7. The van der Waals surface area contributed by atoms with Crippen molar-refractivity contribution >= 4 is 21.9 Å². The highest BCUT2D eigenvalue weighted by atomic mass is 79.9. The molecule has 0 spiro atoms. The van der Waals surface area contributed by atoms with Crippen molar-refractivity contribution in [3.63, 3.8) is 0 Å². The van der Waals surface area contributed by atoms with Crippen LogP contribution >= 0.6 is 15.9 Å². The maximum atomic E-state index is 10.9. The minimum atomic E-state index is -0.724. The van der Waals surface area contributed by atoms with Gasteiger partial charge in [-0.1, -0.05) is 28.9 Å². The number of hydrogen-bond donors (Lipinski definition) is 2. The molecule has 1 fully saturated rings. The number of rotatable bonds is 6. The van der Waals surface area contributed by atoms with Gasteiger partial charge in [0.05, 0.1) is 6.54 Å². The number of halogens is 1. The Balaban J connectivity index is 1.47. The molecule has 0 aliphatic heterocycles. The molecule has 2 aliphatic rings. The van der Waals surface area contributed by atoms with Crippen molar-refractivity contribution in [1.82, 2.24) is 10.2 Å². The number of nitrogens with one attached hydrogen (secondary N) is 1. The van der Waals surface area contributed by atoms with Crippen molar-refractivity contribution in [3.05, 3.63) is 33.8 Å². The molecule has 1 aromatic carbocycles. The van der Waals surface area contributed by atoms with Gasteiger partial charge in [-0.25, -0.2) is 0 Å². The fourth-order valence-corrected chi connectivity index (χ4v) is 4.30. The fourth-order valence-electron chi connectivity index (χ4n) is 3.89. The van der Waals surface area contributed by atoms with E-state index in [1.54, 1.807) is 0 Å². The number of fused-ring (bicyclic) bond motifs is 1. The van der Waals surface area contributed by atoms with Crippen molar-refractivity contribution in [2.75, 3.05) is 13.1 Å². The zero-order valence-corrected chi connectivity index (χ0v) is 15.2. The first kappa shape index (κ1) is 16.9. The minimum Gasteiger partial charge on any atom is -0.480 e. The number of benzene rings is 1. The lowest BCUT2D eigenvalue weighted by atomic mass is 9.82. The predicted molar refractivity (Wildman–Crippen MR) is 94.8 cm³/mol. The van der Waals surface area contributed by atoms with Gasteiger partial charge in [0.2, 0.25) is 0 Å². The standard InChI is InChI=1S/C18H25BrN2O2/c1-2-21(11-18(22)23)17-9-16(10-17)20-15-6-4-12-7-14(19)5-3-13(12)8-15/h3,5,7,15-17,20H,2,4,6,8-11H2,1H3,(H,22,23). The minimum absolute atomic E-state index is 0.166. The molecular weight excluding hydrogens is 356 g/mol. The molecule has 1 unspecified atom stereocenters. The molecule has 0 amide bonds. The van der Waals surface area contributed by atoms with Crippen LogP contribution in [0.15, 0.2) is 22.7 Å². The predicted octanol–water partition coefficient (Wildman–Crippen LogP) is 2.83. The molecule has 23 heavy (non-hydrogen) atoms. The van der Waals surface area contributed by atoms with Crippen LogP contribution in [0.1, 0.15) is 37.3 Å². The molecular formula is C18H25BrN2O2. The molecule has 0 heterocycles. The van der Waals surface area contributed by atoms with Crippen molar-refractivity contribution < 1.29 is 9.90 Å². The summed E-state index contributed by atoms with van der Waals surface area (Å²) < 4.78 is 1.17. The molecule has 0 bridgehead atoms. The summed E-state index contributed by atoms with van der Waals surface area (Å²) in [6.07, 6.45) is 5.59. The van der Waals surface area contributed by atoms with Gasteiger partial charge in [-0.3, -0.25) is 9.69 Å². The Labute approximate surface area is 146 Å². The lowest BCUT2D eigenvalue weighted by Gasteiger charge is -2.44. The van der Waals surface area contributed by atoms with E-state index in [4.69, 9.17) is 5.11 Å². The van der Waals surface area contributed by atoms with Crippen LogP contribution in [0.2, 0.25) is 0 Å². The second-order valence-corrected chi connectivity index (χ2v) is 7.71. The average molecular weight is 381 g/mol. The molecule has 1 atom stereocenters. The third kappa shape index (κ3) is 4.14. The van der Waals surface area contributed by atoms with Crippen LogP contribution in [0.5, 0.6) is 0 Å². The van der Waals surface area contributed by atoms with E-state index in [2.05, 4.69) is 44.3 Å². The Morgan fingerprint density at radius 2 is 2.13 bits per heavy atom. The van der Waals surface area contributed by atoms with E-state index in [1.165, 1.54) is 22.0 Å². The number of carboxylic acid groups (broad SMARTS) is 1. The van der Waals surface area contributed by atoms with E-state index in [-0.39, 0.29) is 6.54 Å². The summed E-state index contributed by atoms with van der Waals surface area (Å²) >= 11 is 3.55. The Kier molecular flexibility index (Phi) is 5.39. The largest absolute Gasteiger partial charge is 0.480 e. The van der Waals surface area contributed by atoms with Crippen LogP contribution in [0, 0.1) is 0 Å². The molecule has 5 heteroatoms. The summed E-state index contributed by atoms with van der Waals surface area (Å²) in [4.78, 5) is 13.0. The fraction of sp³-hybridized carbons (Fsp3) is 0.611. The number of carboxylic acids is 1. The summed E-state index contributed by atoms with van der Waals surface area (Å²) in [6, 6.07) is 8.15. The van der Waals surface area contributed by atoms with Crippen LogP contribution in [-0.2, 0) is 17.6 Å². The molecule has 0 saturated heterocycles. The second-order valence-electron chi connectivity index (χ2n) is 6.80. The zero-order chi connectivity index (χ0) is 16.4. The van der Waals surface area contributed by atoms with Gasteiger partial charge in [0.1, 0.15) is 0 Å². The van der Waals surface area contributed by atoms with E-state index < -0.39 is 5.97 Å². The first-order chi connectivity index (χ1) is 11.0. The third-order valence-electron chi connectivity index (χ3n) is 5.24. The zero-order valence-electron chi connectivity index (χ0n) is 13.6. The lowest BCUT2D eigenvalue weighted by molar-refractivity contribution is -0.139. The van der Waals surface area contributed by atoms with Crippen molar-refractivity contribution in [2.24, 2.45) is 0 Å². The Bertz CT molecular complexity index is 572. The highest BCUT2D eigenvalue weighted by Gasteiger charge is 2.35. The van der Waals surface area contributed by atoms with Crippen LogP contribution in [0.4, 0.5) is 0 Å². The van der Waals surface area contributed by atoms with Gasteiger partial charge < -0.3 is 10.4 Å². The van der Waals surface area contributed by atoms with Crippen molar-refractivity contribution in [3.8, 4) is 0 Å². The second kappa shape index (κ2) is 7.32. The summed E-state index contributed by atoms with van der Waals surface area (Å²) in [5, 5.41) is 12.7. The number of nitrogens with zero attached hydrogens (tertiary/aromatic N) is 1. The molecule has 2 aliphatic carbocycles. The number of likely N-dealkylation sites (N-methyl/N-ethyl adjacent to an activating group) is 1.